The number of hydrogen-bond acceptors (Lipinski definition) is 4. The predicted molar refractivity (Wildman–Crippen MR) is 94.8 cm³/mol. The molecule has 0 saturated heterocycles. The summed E-state index contributed by atoms with van der Waals surface area (Å²) in [6.07, 6.45) is 1.09. The Kier molecular flexibility index (Phi) is 3.97. The Morgan fingerprint density at radius 1 is 0.931 bits per heavy atom. The van der Waals surface area contributed by atoms with Gasteiger partial charge in [0.2, 0.25) is 9.84 Å². The van der Waals surface area contributed by atoms with E-state index in [9.17, 15) is 34.8 Å². The number of rotatable bonds is 2. The lowest BCUT2D eigenvalue weighted by atomic mass is 9.92. The van der Waals surface area contributed by atoms with Crippen LogP contribution in [0.1, 0.15) is 22.4 Å². The number of hydrogen-bond donors (Lipinski definition) is 0. The fourth-order valence-corrected chi connectivity index (χ4v) is 5.90. The molecule has 3 nitrogen and oxygen atoms in total. The van der Waals surface area contributed by atoms with Crippen molar-refractivity contribution in [2.24, 2.45) is 0 Å². The maximum absolute atomic E-state index is 14.9. The Bertz CT molecular complexity index is 1220. The van der Waals surface area contributed by atoms with Crippen molar-refractivity contribution in [3.05, 3.63) is 56.4 Å². The molecule has 1 aliphatic heterocycles. The summed E-state index contributed by atoms with van der Waals surface area (Å²) in [5, 5.41) is -0.707. The van der Waals surface area contributed by atoms with Gasteiger partial charge in [0.1, 0.15) is 5.01 Å². The summed E-state index contributed by atoms with van der Waals surface area (Å²) in [5.41, 5.74) is -4.50. The Morgan fingerprint density at radius 3 is 2.10 bits per heavy atom. The van der Waals surface area contributed by atoms with E-state index >= 15 is 0 Å². The second-order valence-corrected chi connectivity index (χ2v) is 9.97. The number of benzene rings is 1. The molecule has 4 rings (SSSR count). The van der Waals surface area contributed by atoms with E-state index < -0.39 is 59.1 Å². The summed E-state index contributed by atoms with van der Waals surface area (Å²) >= 11 is 0.546. The zero-order chi connectivity index (χ0) is 21.6. The van der Waals surface area contributed by atoms with Crippen LogP contribution in [0.25, 0.3) is 11.1 Å². The van der Waals surface area contributed by atoms with Crippen LogP contribution >= 0.6 is 11.3 Å². The second kappa shape index (κ2) is 5.72. The molecule has 2 heterocycles. The highest BCUT2D eigenvalue weighted by molar-refractivity contribution is 7.95. The van der Waals surface area contributed by atoms with Crippen LogP contribution in [0, 0.1) is 6.92 Å². The topological polar surface area (TPSA) is 47.0 Å². The van der Waals surface area contributed by atoms with Crippen LogP contribution in [0.15, 0.2) is 45.8 Å². The average Bonchev–Trinajstić information content (AvgIpc) is 3.16. The fraction of sp³-hybridized carbons (Fsp3) is 0.278. The van der Waals surface area contributed by atoms with Gasteiger partial charge in [-0.3, -0.25) is 0 Å². The molecule has 154 valence electrons. The van der Waals surface area contributed by atoms with Gasteiger partial charge in [0, 0.05) is 27.8 Å². The molecule has 1 aromatic carbocycles. The predicted octanol–water partition coefficient (Wildman–Crippen LogP) is 5.34. The normalized spacial score (nSPS) is 23.6. The number of alkyl halides is 6. The number of halogens is 6. The lowest BCUT2D eigenvalue weighted by Crippen LogP contribution is -2.49. The Balaban J connectivity index is 2.18. The maximum atomic E-state index is 14.9. The molecule has 0 unspecified atom stereocenters. The van der Waals surface area contributed by atoms with Crippen LogP contribution in [0.5, 0.6) is 0 Å². The van der Waals surface area contributed by atoms with Crippen molar-refractivity contribution < 1.29 is 34.8 Å². The lowest BCUT2D eigenvalue weighted by Gasteiger charge is -2.25. The number of allylic oxidation sites excluding steroid dienone is 4. The van der Waals surface area contributed by atoms with E-state index in [0.29, 0.717) is 16.2 Å². The highest BCUT2D eigenvalue weighted by atomic mass is 32.2. The molecule has 11 heteroatoms. The van der Waals surface area contributed by atoms with E-state index in [1.807, 2.05) is 0 Å². The van der Waals surface area contributed by atoms with Gasteiger partial charge in [0.15, 0.2) is 0 Å². The summed E-state index contributed by atoms with van der Waals surface area (Å²) in [4.78, 5) is 2.86. The smallest absolute Gasteiger partial charge is 0.244 e. The fourth-order valence-electron chi connectivity index (χ4n) is 3.53. The first-order chi connectivity index (χ1) is 13.3. The molecule has 0 spiro atoms. The third kappa shape index (κ3) is 2.31. The van der Waals surface area contributed by atoms with Gasteiger partial charge in [-0.2, -0.15) is 26.3 Å². The Hall–Kier alpha value is -2.14. The minimum atomic E-state index is -5.77. The Labute approximate surface area is 165 Å². The second-order valence-electron chi connectivity index (χ2n) is 6.68. The summed E-state index contributed by atoms with van der Waals surface area (Å²) in [6.45, 7) is 2.39. The molecule has 29 heavy (non-hydrogen) atoms. The highest BCUT2D eigenvalue weighted by Crippen LogP contribution is 2.66. The summed E-state index contributed by atoms with van der Waals surface area (Å²) < 4.78 is 113. The van der Waals surface area contributed by atoms with E-state index in [1.165, 1.54) is 19.1 Å². The van der Waals surface area contributed by atoms with Crippen LogP contribution < -0.4 is 0 Å². The molecule has 0 atom stereocenters. The van der Waals surface area contributed by atoms with Crippen LogP contribution in [0.2, 0.25) is 0 Å². The van der Waals surface area contributed by atoms with E-state index in [-0.39, 0.29) is 5.56 Å². The van der Waals surface area contributed by atoms with Crippen LogP contribution in [0.4, 0.5) is 26.3 Å². The minimum Gasteiger partial charge on any atom is -0.244 e. The lowest BCUT2D eigenvalue weighted by molar-refractivity contribution is -0.258. The summed E-state index contributed by atoms with van der Waals surface area (Å²) in [6, 6.07) is 4.87. The molecular weight excluding hydrogens is 440 g/mol. The van der Waals surface area contributed by atoms with E-state index in [2.05, 4.69) is 4.98 Å². The van der Waals surface area contributed by atoms with Gasteiger partial charge >= 0.3 is 17.8 Å². The SMILES string of the molecule is CC1=C(C2=C(c3ncc(C)s3)C(F)(F)C(F)(F)C2(F)F)c2ccccc2S1(=O)=O. The zero-order valence-electron chi connectivity index (χ0n) is 14.7. The van der Waals surface area contributed by atoms with Gasteiger partial charge in [-0.15, -0.1) is 11.3 Å². The van der Waals surface area contributed by atoms with Crippen molar-refractivity contribution in [1.82, 2.24) is 4.98 Å². The van der Waals surface area contributed by atoms with Crippen LogP contribution in [0.3, 0.4) is 0 Å². The first-order valence-corrected chi connectivity index (χ1v) is 10.4. The quantitative estimate of drug-likeness (QED) is 0.579. The monoisotopic (exact) mass is 451 g/mol. The maximum Gasteiger partial charge on any atom is 0.380 e. The summed E-state index contributed by atoms with van der Waals surface area (Å²) in [7, 11) is -4.29. The number of sulfone groups is 1. The number of fused-ring (bicyclic) bond motifs is 1. The molecule has 1 aromatic heterocycles. The van der Waals surface area contributed by atoms with Gasteiger partial charge in [-0.25, -0.2) is 13.4 Å². The molecular formula is C18H11F6NO2S2. The molecule has 0 radical (unpaired) electrons. The molecule has 2 aromatic rings. The van der Waals surface area contributed by atoms with Gasteiger partial charge < -0.3 is 0 Å². The van der Waals surface area contributed by atoms with Crippen molar-refractivity contribution >= 4 is 32.3 Å². The van der Waals surface area contributed by atoms with Crippen molar-refractivity contribution in [2.75, 3.05) is 0 Å². The van der Waals surface area contributed by atoms with Crippen molar-refractivity contribution in [1.29, 1.82) is 0 Å². The van der Waals surface area contributed by atoms with Crippen molar-refractivity contribution in [2.45, 2.75) is 36.5 Å². The van der Waals surface area contributed by atoms with Gasteiger partial charge in [0.05, 0.1) is 15.4 Å². The zero-order valence-corrected chi connectivity index (χ0v) is 16.4. The standard InChI is InChI=1S/C18H11F6NO2S2/c1-8-7-25-15(28-8)14-13(16(19,20)18(23,24)17(14,21)22)12-9(2)29(26,27)11-6-4-3-5-10(11)12/h3-7H,1-2H3. The number of aromatic nitrogens is 1. The molecule has 1 aliphatic carbocycles. The first-order valence-electron chi connectivity index (χ1n) is 8.13. The molecule has 0 saturated carbocycles. The molecule has 2 aliphatic rings. The van der Waals surface area contributed by atoms with Gasteiger partial charge in [-0.1, -0.05) is 18.2 Å². The molecule has 0 fully saturated rings. The third-order valence-corrected chi connectivity index (χ3v) is 7.83. The first kappa shape index (κ1) is 20.1. The van der Waals surface area contributed by atoms with Crippen LogP contribution in [-0.2, 0) is 9.84 Å². The van der Waals surface area contributed by atoms with Gasteiger partial charge in [-0.05, 0) is 19.9 Å². The number of thiazole rings is 1. The minimum absolute atomic E-state index is 0.320. The number of nitrogens with zero attached hydrogens (tertiary/aromatic N) is 1. The van der Waals surface area contributed by atoms with Gasteiger partial charge in [0.25, 0.3) is 0 Å². The number of aryl methyl sites for hydroxylation is 1. The summed E-state index contributed by atoms with van der Waals surface area (Å²) in [5.74, 6) is -16.3. The van der Waals surface area contributed by atoms with Crippen LogP contribution in [-0.4, -0.2) is 31.2 Å². The molecule has 0 bridgehead atoms. The van der Waals surface area contributed by atoms with Crippen molar-refractivity contribution in [3.8, 4) is 0 Å². The Morgan fingerprint density at radius 2 is 1.52 bits per heavy atom. The van der Waals surface area contributed by atoms with E-state index in [4.69, 9.17) is 0 Å². The molecule has 0 amide bonds. The average molecular weight is 451 g/mol. The van der Waals surface area contributed by atoms with E-state index in [1.54, 1.807) is 0 Å². The van der Waals surface area contributed by atoms with Crippen molar-refractivity contribution in [3.63, 3.8) is 0 Å². The molecule has 0 N–H and O–H groups in total. The van der Waals surface area contributed by atoms with E-state index in [0.717, 1.165) is 25.3 Å². The third-order valence-electron chi connectivity index (χ3n) is 4.95. The highest BCUT2D eigenvalue weighted by Gasteiger charge is 2.81. The largest absolute Gasteiger partial charge is 0.380 e.